The molecule has 0 saturated heterocycles. The molecular weight excluding hydrogens is 326 g/mol. The van der Waals surface area contributed by atoms with Crippen molar-refractivity contribution in [2.45, 2.75) is 40.7 Å². The van der Waals surface area contributed by atoms with Crippen LogP contribution < -0.4 is 16.0 Å². The van der Waals surface area contributed by atoms with E-state index in [4.69, 9.17) is 0 Å². The molecule has 2 aromatic carbocycles. The Balaban J connectivity index is 1.93. The smallest absolute Gasteiger partial charge is 0.251 e. The summed E-state index contributed by atoms with van der Waals surface area (Å²) in [6, 6.07) is 11.1. The van der Waals surface area contributed by atoms with Gasteiger partial charge in [0.25, 0.3) is 5.91 Å². The SMILES string of the molecule is Cc1cc(C)c(NCC(=O)Nc2ccc(C(=O)NC(C)C)cc2)c(C)c1. The van der Waals surface area contributed by atoms with Crippen molar-refractivity contribution < 1.29 is 9.59 Å². The van der Waals surface area contributed by atoms with Crippen LogP contribution in [-0.4, -0.2) is 24.4 Å². The van der Waals surface area contributed by atoms with Crippen LogP contribution in [0.25, 0.3) is 0 Å². The highest BCUT2D eigenvalue weighted by atomic mass is 16.2. The van der Waals surface area contributed by atoms with Gasteiger partial charge in [0.05, 0.1) is 6.54 Å². The molecule has 0 heterocycles. The number of hydrogen-bond acceptors (Lipinski definition) is 3. The van der Waals surface area contributed by atoms with Gasteiger partial charge in [-0.05, 0) is 70.0 Å². The van der Waals surface area contributed by atoms with Crippen LogP contribution in [0.2, 0.25) is 0 Å². The molecule has 2 amide bonds. The minimum absolute atomic E-state index is 0.0849. The third kappa shape index (κ3) is 5.34. The minimum Gasteiger partial charge on any atom is -0.376 e. The Kier molecular flexibility index (Phi) is 6.39. The summed E-state index contributed by atoms with van der Waals surface area (Å²) in [5, 5.41) is 8.88. The number of benzene rings is 2. The molecular formula is C21H27N3O2. The van der Waals surface area contributed by atoms with Crippen molar-refractivity contribution in [2.24, 2.45) is 0 Å². The van der Waals surface area contributed by atoms with Crippen LogP contribution in [0.3, 0.4) is 0 Å². The molecule has 5 nitrogen and oxygen atoms in total. The number of carbonyl (C=O) groups excluding carboxylic acids is 2. The van der Waals surface area contributed by atoms with Gasteiger partial charge in [0, 0.05) is 23.0 Å². The van der Waals surface area contributed by atoms with E-state index in [-0.39, 0.29) is 24.4 Å². The molecule has 26 heavy (non-hydrogen) atoms. The van der Waals surface area contributed by atoms with Gasteiger partial charge in [-0.3, -0.25) is 9.59 Å². The van der Waals surface area contributed by atoms with Crippen molar-refractivity contribution in [3.63, 3.8) is 0 Å². The number of anilines is 2. The summed E-state index contributed by atoms with van der Waals surface area (Å²) in [6.45, 7) is 10.1. The molecule has 2 rings (SSSR count). The van der Waals surface area contributed by atoms with Crippen LogP contribution in [-0.2, 0) is 4.79 Å². The van der Waals surface area contributed by atoms with E-state index in [0.29, 0.717) is 11.3 Å². The van der Waals surface area contributed by atoms with Crippen LogP contribution in [0, 0.1) is 20.8 Å². The maximum atomic E-state index is 12.2. The summed E-state index contributed by atoms with van der Waals surface area (Å²) in [5.41, 5.74) is 5.67. The number of rotatable bonds is 6. The van der Waals surface area contributed by atoms with Gasteiger partial charge < -0.3 is 16.0 Å². The lowest BCUT2D eigenvalue weighted by atomic mass is 10.1. The van der Waals surface area contributed by atoms with Gasteiger partial charge in [-0.2, -0.15) is 0 Å². The summed E-state index contributed by atoms with van der Waals surface area (Å²) >= 11 is 0. The molecule has 0 saturated carbocycles. The summed E-state index contributed by atoms with van der Waals surface area (Å²) in [5.74, 6) is -0.256. The standard InChI is InChI=1S/C21H27N3O2/c1-13(2)23-21(26)17-6-8-18(9-7-17)24-19(25)12-22-20-15(4)10-14(3)11-16(20)5/h6-11,13,22H,12H2,1-5H3,(H,23,26)(H,24,25). The predicted molar refractivity (Wildman–Crippen MR) is 107 cm³/mol. The van der Waals surface area contributed by atoms with Gasteiger partial charge in [0.15, 0.2) is 0 Å². The van der Waals surface area contributed by atoms with Crippen LogP contribution in [0.1, 0.15) is 40.9 Å². The molecule has 0 bridgehead atoms. The van der Waals surface area contributed by atoms with Crippen LogP contribution in [0.4, 0.5) is 11.4 Å². The fourth-order valence-electron chi connectivity index (χ4n) is 2.88. The lowest BCUT2D eigenvalue weighted by Gasteiger charge is -2.14. The van der Waals surface area contributed by atoms with Gasteiger partial charge in [-0.25, -0.2) is 0 Å². The number of aryl methyl sites for hydroxylation is 3. The van der Waals surface area contributed by atoms with Crippen molar-refractivity contribution in [1.29, 1.82) is 0 Å². The highest BCUT2D eigenvalue weighted by Crippen LogP contribution is 2.21. The average Bonchev–Trinajstić information content (AvgIpc) is 2.53. The molecule has 0 fully saturated rings. The van der Waals surface area contributed by atoms with Crippen molar-refractivity contribution in [3.8, 4) is 0 Å². The molecule has 5 heteroatoms. The molecule has 0 aliphatic carbocycles. The van der Waals surface area contributed by atoms with E-state index < -0.39 is 0 Å². The summed E-state index contributed by atoms with van der Waals surface area (Å²) in [7, 11) is 0. The Morgan fingerprint density at radius 1 is 0.962 bits per heavy atom. The molecule has 0 radical (unpaired) electrons. The zero-order valence-electron chi connectivity index (χ0n) is 16.1. The second-order valence-electron chi connectivity index (χ2n) is 6.88. The van der Waals surface area contributed by atoms with Gasteiger partial charge in [-0.1, -0.05) is 17.7 Å². The highest BCUT2D eigenvalue weighted by molar-refractivity contribution is 5.96. The Labute approximate surface area is 155 Å². The van der Waals surface area contributed by atoms with E-state index in [0.717, 1.165) is 16.8 Å². The Morgan fingerprint density at radius 3 is 2.08 bits per heavy atom. The Hall–Kier alpha value is -2.82. The molecule has 0 unspecified atom stereocenters. The number of amides is 2. The van der Waals surface area contributed by atoms with E-state index >= 15 is 0 Å². The Morgan fingerprint density at radius 2 is 1.54 bits per heavy atom. The molecule has 0 aromatic heterocycles. The summed E-state index contributed by atoms with van der Waals surface area (Å²) in [4.78, 5) is 24.1. The first-order valence-corrected chi connectivity index (χ1v) is 8.78. The quantitative estimate of drug-likeness (QED) is 0.740. The normalized spacial score (nSPS) is 10.5. The molecule has 2 aromatic rings. The number of nitrogens with one attached hydrogen (secondary N) is 3. The maximum absolute atomic E-state index is 12.2. The zero-order valence-corrected chi connectivity index (χ0v) is 16.1. The number of carbonyl (C=O) groups is 2. The minimum atomic E-state index is -0.135. The van der Waals surface area contributed by atoms with E-state index in [1.807, 2.05) is 27.7 Å². The molecule has 3 N–H and O–H groups in total. The topological polar surface area (TPSA) is 70.2 Å². The molecule has 0 atom stereocenters. The third-order valence-corrected chi connectivity index (χ3v) is 3.95. The predicted octanol–water partition coefficient (Wildman–Crippen LogP) is 3.80. The molecule has 0 aliphatic heterocycles. The first-order valence-electron chi connectivity index (χ1n) is 8.78. The van der Waals surface area contributed by atoms with Crippen LogP contribution >= 0.6 is 0 Å². The second kappa shape index (κ2) is 8.52. The monoisotopic (exact) mass is 353 g/mol. The summed E-state index contributed by atoms with van der Waals surface area (Å²) < 4.78 is 0. The molecule has 0 spiro atoms. The molecule has 138 valence electrons. The van der Waals surface area contributed by atoms with Crippen LogP contribution in [0.5, 0.6) is 0 Å². The van der Waals surface area contributed by atoms with E-state index in [1.165, 1.54) is 5.56 Å². The van der Waals surface area contributed by atoms with Gasteiger partial charge in [0.2, 0.25) is 5.91 Å². The van der Waals surface area contributed by atoms with Crippen molar-refractivity contribution in [2.75, 3.05) is 17.2 Å². The van der Waals surface area contributed by atoms with Gasteiger partial charge >= 0.3 is 0 Å². The fraction of sp³-hybridized carbons (Fsp3) is 0.333. The van der Waals surface area contributed by atoms with E-state index in [9.17, 15) is 9.59 Å². The van der Waals surface area contributed by atoms with Crippen molar-refractivity contribution in [1.82, 2.24) is 5.32 Å². The van der Waals surface area contributed by atoms with Crippen molar-refractivity contribution in [3.05, 3.63) is 58.7 Å². The third-order valence-electron chi connectivity index (χ3n) is 3.95. The lowest BCUT2D eigenvalue weighted by molar-refractivity contribution is -0.114. The van der Waals surface area contributed by atoms with Crippen molar-refractivity contribution >= 4 is 23.2 Å². The zero-order chi connectivity index (χ0) is 19.3. The second-order valence-corrected chi connectivity index (χ2v) is 6.88. The van der Waals surface area contributed by atoms with Gasteiger partial charge in [0.1, 0.15) is 0 Å². The highest BCUT2D eigenvalue weighted by Gasteiger charge is 2.09. The first kappa shape index (κ1) is 19.5. The number of hydrogen-bond donors (Lipinski definition) is 3. The maximum Gasteiger partial charge on any atom is 0.251 e. The van der Waals surface area contributed by atoms with Gasteiger partial charge in [-0.15, -0.1) is 0 Å². The average molecular weight is 353 g/mol. The van der Waals surface area contributed by atoms with E-state index in [2.05, 4.69) is 35.0 Å². The largest absolute Gasteiger partial charge is 0.376 e. The fourth-order valence-corrected chi connectivity index (χ4v) is 2.88. The van der Waals surface area contributed by atoms with Crippen LogP contribution in [0.15, 0.2) is 36.4 Å². The first-order chi connectivity index (χ1) is 12.3. The summed E-state index contributed by atoms with van der Waals surface area (Å²) in [6.07, 6.45) is 0. The van der Waals surface area contributed by atoms with E-state index in [1.54, 1.807) is 24.3 Å². The Bertz CT molecular complexity index is 772. The lowest BCUT2D eigenvalue weighted by Crippen LogP contribution is -2.30. The molecule has 0 aliphatic rings.